The fraction of sp³-hybridized carbons (Fsp3) is 0.455. The van der Waals surface area contributed by atoms with Gasteiger partial charge in [0.05, 0.1) is 5.69 Å². The van der Waals surface area contributed by atoms with Gasteiger partial charge in [-0.1, -0.05) is 6.92 Å². The number of carbonyl (C=O) groups excluding carboxylic acids is 1. The van der Waals surface area contributed by atoms with Crippen LogP contribution in [-0.4, -0.2) is 22.3 Å². The van der Waals surface area contributed by atoms with Crippen LogP contribution in [0.15, 0.2) is 0 Å². The molecule has 0 aliphatic rings. The fourth-order valence-electron chi connectivity index (χ4n) is 1.71. The molecule has 0 atom stereocenters. The van der Waals surface area contributed by atoms with E-state index >= 15 is 0 Å². The molecular formula is C11H15NO3. The predicted molar refractivity (Wildman–Crippen MR) is 56.3 cm³/mol. The Morgan fingerprint density at radius 1 is 1.53 bits per heavy atom. The number of carboxylic acids is 1. The van der Waals surface area contributed by atoms with Crippen LogP contribution in [0.4, 0.5) is 0 Å². The quantitative estimate of drug-likeness (QED) is 0.725. The van der Waals surface area contributed by atoms with Gasteiger partial charge >= 0.3 is 5.97 Å². The largest absolute Gasteiger partial charge is 0.481 e. The first-order valence-electron chi connectivity index (χ1n) is 4.97. The minimum absolute atomic E-state index is 0.101. The molecule has 1 rings (SSSR count). The first kappa shape index (κ1) is 11.5. The lowest BCUT2D eigenvalue weighted by molar-refractivity contribution is -0.136. The Morgan fingerprint density at radius 2 is 2.20 bits per heavy atom. The van der Waals surface area contributed by atoms with Crippen LogP contribution in [0.2, 0.25) is 0 Å². The molecule has 0 radical (unpaired) electrons. The van der Waals surface area contributed by atoms with Crippen LogP contribution in [0.1, 0.15) is 40.7 Å². The molecule has 1 aromatic rings. The first-order chi connectivity index (χ1) is 7.10. The van der Waals surface area contributed by atoms with E-state index in [0.29, 0.717) is 12.1 Å². The van der Waals surface area contributed by atoms with E-state index in [-0.39, 0.29) is 6.42 Å². The Labute approximate surface area is 88.3 Å². The number of nitrogens with one attached hydrogen (secondary N) is 1. The maximum Gasteiger partial charge on any atom is 0.303 e. The van der Waals surface area contributed by atoms with E-state index < -0.39 is 5.97 Å². The summed E-state index contributed by atoms with van der Waals surface area (Å²) in [7, 11) is 0. The molecule has 2 N–H and O–H groups in total. The summed E-state index contributed by atoms with van der Waals surface area (Å²) < 4.78 is 0. The lowest BCUT2D eigenvalue weighted by atomic mass is 10.0. The molecule has 15 heavy (non-hydrogen) atoms. The van der Waals surface area contributed by atoms with Crippen LogP contribution in [0, 0.1) is 6.92 Å². The molecule has 0 amide bonds. The Balaban J connectivity index is 2.97. The lowest BCUT2D eigenvalue weighted by Crippen LogP contribution is -2.00. The van der Waals surface area contributed by atoms with Gasteiger partial charge < -0.3 is 10.1 Å². The summed E-state index contributed by atoms with van der Waals surface area (Å²) in [6, 6.07) is 0. The van der Waals surface area contributed by atoms with Gasteiger partial charge in [-0.3, -0.25) is 9.59 Å². The molecule has 0 bridgehead atoms. The molecular weight excluding hydrogens is 194 g/mol. The molecule has 0 fully saturated rings. The second-order valence-electron chi connectivity index (χ2n) is 3.49. The monoisotopic (exact) mass is 209 g/mol. The molecule has 82 valence electrons. The summed E-state index contributed by atoms with van der Waals surface area (Å²) in [5.41, 5.74) is 3.38. The van der Waals surface area contributed by atoms with E-state index in [0.717, 1.165) is 29.5 Å². The number of carboxylic acid groups (broad SMARTS) is 1. The van der Waals surface area contributed by atoms with Crippen LogP contribution < -0.4 is 0 Å². The summed E-state index contributed by atoms with van der Waals surface area (Å²) in [6.45, 7) is 3.82. The molecule has 0 spiro atoms. The van der Waals surface area contributed by atoms with Gasteiger partial charge in [0.2, 0.25) is 0 Å². The van der Waals surface area contributed by atoms with Gasteiger partial charge in [-0.05, 0) is 30.9 Å². The second kappa shape index (κ2) is 4.77. The second-order valence-corrected chi connectivity index (χ2v) is 3.49. The number of hydrogen-bond acceptors (Lipinski definition) is 2. The normalized spacial score (nSPS) is 10.3. The number of hydrogen-bond donors (Lipinski definition) is 2. The molecule has 0 saturated heterocycles. The van der Waals surface area contributed by atoms with Crippen molar-refractivity contribution in [3.8, 4) is 0 Å². The van der Waals surface area contributed by atoms with Gasteiger partial charge in [0.1, 0.15) is 0 Å². The van der Waals surface area contributed by atoms with Crippen molar-refractivity contribution in [3.05, 3.63) is 22.5 Å². The number of aryl methyl sites for hydroxylation is 1. The van der Waals surface area contributed by atoms with Gasteiger partial charge in [-0.2, -0.15) is 0 Å². The first-order valence-corrected chi connectivity index (χ1v) is 4.97. The molecule has 0 aliphatic heterocycles. The highest BCUT2D eigenvalue weighted by Crippen LogP contribution is 2.19. The van der Waals surface area contributed by atoms with E-state index in [1.54, 1.807) is 0 Å². The van der Waals surface area contributed by atoms with Crippen molar-refractivity contribution in [1.29, 1.82) is 0 Å². The average molecular weight is 209 g/mol. The average Bonchev–Trinajstić information content (AvgIpc) is 2.51. The maximum absolute atomic E-state index is 10.7. The smallest absolute Gasteiger partial charge is 0.303 e. The zero-order valence-electron chi connectivity index (χ0n) is 8.96. The van der Waals surface area contributed by atoms with Gasteiger partial charge in [-0.15, -0.1) is 0 Å². The number of aliphatic carboxylic acids is 1. The Kier molecular flexibility index (Phi) is 3.66. The van der Waals surface area contributed by atoms with E-state index in [1.165, 1.54) is 0 Å². The van der Waals surface area contributed by atoms with Crippen molar-refractivity contribution in [2.75, 3.05) is 0 Å². The van der Waals surface area contributed by atoms with Gasteiger partial charge in [0.15, 0.2) is 6.29 Å². The van der Waals surface area contributed by atoms with E-state index in [1.807, 2.05) is 13.8 Å². The fourth-order valence-corrected chi connectivity index (χ4v) is 1.71. The highest BCUT2D eigenvalue weighted by Gasteiger charge is 2.13. The van der Waals surface area contributed by atoms with Gasteiger partial charge in [-0.25, -0.2) is 0 Å². The number of aromatic amines is 1. The summed E-state index contributed by atoms with van der Waals surface area (Å²) in [4.78, 5) is 24.2. The maximum atomic E-state index is 10.7. The summed E-state index contributed by atoms with van der Waals surface area (Å²) in [6.07, 6.45) is 2.14. The summed E-state index contributed by atoms with van der Waals surface area (Å²) in [5.74, 6) is -0.815. The third-order valence-corrected chi connectivity index (χ3v) is 2.57. The van der Waals surface area contributed by atoms with Crippen LogP contribution in [-0.2, 0) is 17.6 Å². The van der Waals surface area contributed by atoms with Crippen molar-refractivity contribution in [2.24, 2.45) is 0 Å². The van der Waals surface area contributed by atoms with Crippen molar-refractivity contribution >= 4 is 12.3 Å². The third-order valence-electron chi connectivity index (χ3n) is 2.57. The topological polar surface area (TPSA) is 70.2 Å². The molecule has 4 heteroatoms. The number of carbonyl (C=O) groups is 2. The summed E-state index contributed by atoms with van der Waals surface area (Å²) in [5, 5.41) is 8.61. The minimum Gasteiger partial charge on any atom is -0.481 e. The molecule has 1 aromatic heterocycles. The van der Waals surface area contributed by atoms with Gasteiger partial charge in [0.25, 0.3) is 0 Å². The highest BCUT2D eigenvalue weighted by atomic mass is 16.4. The summed E-state index contributed by atoms with van der Waals surface area (Å²) >= 11 is 0. The van der Waals surface area contributed by atoms with Crippen LogP contribution in [0.5, 0.6) is 0 Å². The number of aromatic nitrogens is 1. The standard InChI is InChI=1S/C11H15NO3/c1-3-9-8(4-5-11(14)15)7(2)10(6-13)12-9/h6,12H,3-5H2,1-2H3,(H,14,15). The zero-order valence-corrected chi connectivity index (χ0v) is 8.96. The van der Waals surface area contributed by atoms with E-state index in [2.05, 4.69) is 4.98 Å². The Bertz CT molecular complexity index is 379. The molecule has 4 nitrogen and oxygen atoms in total. The zero-order chi connectivity index (χ0) is 11.4. The van der Waals surface area contributed by atoms with Crippen molar-refractivity contribution in [1.82, 2.24) is 4.98 Å². The molecule has 0 aromatic carbocycles. The SMILES string of the molecule is CCc1[nH]c(C=O)c(C)c1CCC(=O)O. The van der Waals surface area contributed by atoms with E-state index in [9.17, 15) is 9.59 Å². The number of aldehydes is 1. The molecule has 0 saturated carbocycles. The predicted octanol–water partition coefficient (Wildman–Crippen LogP) is 1.72. The van der Waals surface area contributed by atoms with Crippen molar-refractivity contribution in [2.45, 2.75) is 33.1 Å². The van der Waals surface area contributed by atoms with E-state index in [4.69, 9.17) is 5.11 Å². The lowest BCUT2D eigenvalue weighted by Gasteiger charge is -2.01. The number of H-pyrrole nitrogens is 1. The van der Waals surface area contributed by atoms with Crippen LogP contribution in [0.3, 0.4) is 0 Å². The Morgan fingerprint density at radius 3 is 2.67 bits per heavy atom. The Hall–Kier alpha value is -1.58. The molecule has 0 unspecified atom stereocenters. The third kappa shape index (κ3) is 2.46. The number of rotatable bonds is 5. The van der Waals surface area contributed by atoms with Gasteiger partial charge in [0, 0.05) is 12.1 Å². The molecule has 1 heterocycles. The minimum atomic E-state index is -0.815. The molecule has 0 aliphatic carbocycles. The highest BCUT2D eigenvalue weighted by molar-refractivity contribution is 5.76. The van der Waals surface area contributed by atoms with Crippen molar-refractivity contribution in [3.63, 3.8) is 0 Å². The van der Waals surface area contributed by atoms with Crippen molar-refractivity contribution < 1.29 is 14.7 Å². The van der Waals surface area contributed by atoms with Crippen LogP contribution in [0.25, 0.3) is 0 Å². The van der Waals surface area contributed by atoms with Crippen LogP contribution >= 0.6 is 0 Å².